The molecule has 0 aromatic heterocycles. The Balaban J connectivity index is 4.38. The number of carbonyl (C=O) groups is 3. The molecule has 6 heteroatoms. The highest BCUT2D eigenvalue weighted by atomic mass is 16.6. The highest BCUT2D eigenvalue weighted by molar-refractivity contribution is 5.71. The van der Waals surface area contributed by atoms with E-state index in [1.165, 1.54) is 141 Å². The van der Waals surface area contributed by atoms with Gasteiger partial charge < -0.3 is 14.2 Å². The third-order valence-corrected chi connectivity index (χ3v) is 12.5. The number of allylic oxidation sites excluding steroid dienone is 10. The minimum atomic E-state index is -0.786. The van der Waals surface area contributed by atoms with Crippen LogP contribution >= 0.6 is 0 Å². The molecular weight excluding hydrogens is 829 g/mol. The van der Waals surface area contributed by atoms with E-state index in [9.17, 15) is 14.4 Å². The van der Waals surface area contributed by atoms with E-state index in [0.29, 0.717) is 19.3 Å². The molecule has 0 saturated carbocycles. The summed E-state index contributed by atoms with van der Waals surface area (Å²) >= 11 is 0. The molecule has 0 aliphatic carbocycles. The first kappa shape index (κ1) is 64.1. The highest BCUT2D eigenvalue weighted by Crippen LogP contribution is 2.15. The van der Waals surface area contributed by atoms with E-state index in [4.69, 9.17) is 14.2 Å². The van der Waals surface area contributed by atoms with Crippen molar-refractivity contribution in [2.24, 2.45) is 0 Å². The number of hydrogen-bond donors (Lipinski definition) is 0. The minimum absolute atomic E-state index is 0.0832. The maximum atomic E-state index is 12.8. The topological polar surface area (TPSA) is 78.9 Å². The van der Waals surface area contributed by atoms with Gasteiger partial charge in [-0.25, -0.2) is 0 Å². The lowest BCUT2D eigenvalue weighted by atomic mass is 10.1. The first-order valence-corrected chi connectivity index (χ1v) is 28.8. The van der Waals surface area contributed by atoms with Crippen molar-refractivity contribution >= 4 is 17.9 Å². The molecular formula is C61H108O6. The quantitative estimate of drug-likeness (QED) is 0.0262. The van der Waals surface area contributed by atoms with Crippen LogP contribution in [0.25, 0.3) is 0 Å². The van der Waals surface area contributed by atoms with E-state index >= 15 is 0 Å². The molecule has 0 aliphatic heterocycles. The average Bonchev–Trinajstić information content (AvgIpc) is 3.33. The molecule has 0 aliphatic rings. The van der Waals surface area contributed by atoms with Gasteiger partial charge in [0, 0.05) is 19.3 Å². The molecule has 1 atom stereocenters. The van der Waals surface area contributed by atoms with Gasteiger partial charge >= 0.3 is 17.9 Å². The maximum Gasteiger partial charge on any atom is 0.306 e. The van der Waals surface area contributed by atoms with Crippen LogP contribution in [0.15, 0.2) is 60.8 Å². The molecule has 0 N–H and O–H groups in total. The SMILES string of the molecule is CC/C=C\C/C=C\C/C=C\CCCCCCCC(=O)OC[C@H](COC(=O)CCCCCCCCCCC/C=C\CCCCCCCC)OC(=O)CCCCCCC/C=C\CCCCCCCC. The van der Waals surface area contributed by atoms with Crippen molar-refractivity contribution < 1.29 is 28.6 Å². The highest BCUT2D eigenvalue weighted by Gasteiger charge is 2.19. The van der Waals surface area contributed by atoms with Crippen LogP contribution in [0.2, 0.25) is 0 Å². The molecule has 0 aromatic carbocycles. The summed E-state index contributed by atoms with van der Waals surface area (Å²) in [5.74, 6) is -0.901. The molecule has 6 nitrogen and oxygen atoms in total. The lowest BCUT2D eigenvalue weighted by Crippen LogP contribution is -2.30. The van der Waals surface area contributed by atoms with Gasteiger partial charge in [0.15, 0.2) is 6.10 Å². The van der Waals surface area contributed by atoms with Crippen molar-refractivity contribution in [2.45, 2.75) is 297 Å². The van der Waals surface area contributed by atoms with Gasteiger partial charge in [-0.3, -0.25) is 14.4 Å². The normalized spacial score (nSPS) is 12.5. The first-order chi connectivity index (χ1) is 33.0. The zero-order valence-electron chi connectivity index (χ0n) is 44.4. The molecule has 0 amide bonds. The van der Waals surface area contributed by atoms with Crippen LogP contribution in [-0.4, -0.2) is 37.2 Å². The van der Waals surface area contributed by atoms with Crippen LogP contribution in [-0.2, 0) is 28.6 Å². The Bertz CT molecular complexity index is 1210. The summed E-state index contributed by atoms with van der Waals surface area (Å²) in [6.07, 6.45) is 69.2. The Morgan fingerprint density at radius 1 is 0.313 bits per heavy atom. The van der Waals surface area contributed by atoms with Gasteiger partial charge in [-0.1, -0.05) is 229 Å². The molecule has 0 heterocycles. The maximum absolute atomic E-state index is 12.8. The van der Waals surface area contributed by atoms with Crippen LogP contribution in [0.3, 0.4) is 0 Å². The van der Waals surface area contributed by atoms with Crippen molar-refractivity contribution in [2.75, 3.05) is 13.2 Å². The van der Waals surface area contributed by atoms with E-state index in [1.54, 1.807) is 0 Å². The van der Waals surface area contributed by atoms with Gasteiger partial charge in [0.05, 0.1) is 0 Å². The zero-order chi connectivity index (χ0) is 48.6. The van der Waals surface area contributed by atoms with Crippen molar-refractivity contribution in [3.05, 3.63) is 60.8 Å². The second-order valence-corrected chi connectivity index (χ2v) is 19.2. The fourth-order valence-corrected chi connectivity index (χ4v) is 8.15. The zero-order valence-corrected chi connectivity index (χ0v) is 44.4. The number of unbranched alkanes of at least 4 members (excludes halogenated alkanes) is 31. The van der Waals surface area contributed by atoms with Gasteiger partial charge in [-0.2, -0.15) is 0 Å². The fraction of sp³-hybridized carbons (Fsp3) is 0.787. The summed E-state index contributed by atoms with van der Waals surface area (Å²) < 4.78 is 16.9. The smallest absolute Gasteiger partial charge is 0.306 e. The van der Waals surface area contributed by atoms with Gasteiger partial charge in [-0.15, -0.1) is 0 Å². The third-order valence-electron chi connectivity index (χ3n) is 12.5. The lowest BCUT2D eigenvalue weighted by molar-refractivity contribution is -0.167. The number of esters is 3. The molecule has 67 heavy (non-hydrogen) atoms. The molecule has 0 fully saturated rings. The second-order valence-electron chi connectivity index (χ2n) is 19.2. The van der Waals surface area contributed by atoms with Crippen molar-refractivity contribution in [3.8, 4) is 0 Å². The average molecular weight is 938 g/mol. The summed E-state index contributed by atoms with van der Waals surface area (Å²) in [6, 6.07) is 0. The van der Waals surface area contributed by atoms with Crippen molar-refractivity contribution in [1.82, 2.24) is 0 Å². The Morgan fingerprint density at radius 3 is 0.925 bits per heavy atom. The first-order valence-electron chi connectivity index (χ1n) is 28.8. The second kappa shape index (κ2) is 55.7. The Kier molecular flexibility index (Phi) is 53.3. The minimum Gasteiger partial charge on any atom is -0.462 e. The summed E-state index contributed by atoms with van der Waals surface area (Å²) in [4.78, 5) is 38.1. The van der Waals surface area contributed by atoms with Crippen molar-refractivity contribution in [1.29, 1.82) is 0 Å². The van der Waals surface area contributed by atoms with E-state index in [-0.39, 0.29) is 31.1 Å². The largest absolute Gasteiger partial charge is 0.462 e. The fourth-order valence-electron chi connectivity index (χ4n) is 8.15. The summed E-state index contributed by atoms with van der Waals surface area (Å²) in [6.45, 7) is 6.52. The van der Waals surface area contributed by atoms with Gasteiger partial charge in [-0.05, 0) is 103 Å². The van der Waals surface area contributed by atoms with E-state index < -0.39 is 6.10 Å². The number of ether oxygens (including phenoxy) is 3. The predicted octanol–water partition coefficient (Wildman–Crippen LogP) is 19.2. The van der Waals surface area contributed by atoms with Crippen LogP contribution in [0.5, 0.6) is 0 Å². The molecule has 388 valence electrons. The van der Waals surface area contributed by atoms with Crippen LogP contribution < -0.4 is 0 Å². The van der Waals surface area contributed by atoms with E-state index in [2.05, 4.69) is 81.5 Å². The third kappa shape index (κ3) is 53.9. The van der Waals surface area contributed by atoms with E-state index in [0.717, 1.165) is 109 Å². The predicted molar refractivity (Wildman–Crippen MR) is 288 cm³/mol. The van der Waals surface area contributed by atoms with Gasteiger partial charge in [0.25, 0.3) is 0 Å². The number of carbonyl (C=O) groups excluding carboxylic acids is 3. The Labute approximate surface area is 415 Å². The van der Waals surface area contributed by atoms with Crippen molar-refractivity contribution in [3.63, 3.8) is 0 Å². The monoisotopic (exact) mass is 937 g/mol. The van der Waals surface area contributed by atoms with Gasteiger partial charge in [0.1, 0.15) is 13.2 Å². The molecule has 0 radical (unpaired) electrons. The molecule has 0 saturated heterocycles. The van der Waals surface area contributed by atoms with Gasteiger partial charge in [0.2, 0.25) is 0 Å². The summed E-state index contributed by atoms with van der Waals surface area (Å²) in [7, 11) is 0. The van der Waals surface area contributed by atoms with Crippen LogP contribution in [0.1, 0.15) is 290 Å². The molecule has 0 unspecified atom stereocenters. The number of rotatable bonds is 52. The Morgan fingerprint density at radius 2 is 0.582 bits per heavy atom. The summed E-state index contributed by atoms with van der Waals surface area (Å²) in [5, 5.41) is 0. The Hall–Kier alpha value is -2.89. The lowest BCUT2D eigenvalue weighted by Gasteiger charge is -2.18. The standard InChI is InChI=1S/C61H108O6/c1-4-7-10-13-16-19-22-25-28-29-30-31-34-36-39-42-45-48-51-54-60(63)66-57-58(67-61(64)55-52-49-46-43-40-37-33-27-24-21-18-15-12-9-6-3)56-65-59(62)53-50-47-44-41-38-35-32-26-23-20-17-14-11-8-5-2/h8,11,17,20,25-28,32-33,58H,4-7,9-10,12-16,18-19,21-24,29-31,34-57H2,1-3H3/b11-8-,20-17-,28-25-,32-26-,33-27-/t58-/m1/s1. The van der Waals surface area contributed by atoms with Crippen LogP contribution in [0, 0.1) is 0 Å². The molecule has 0 spiro atoms. The van der Waals surface area contributed by atoms with E-state index in [1.807, 2.05) is 0 Å². The molecule has 0 aromatic rings. The van der Waals surface area contributed by atoms with Crippen LogP contribution in [0.4, 0.5) is 0 Å². The molecule has 0 rings (SSSR count). The summed E-state index contributed by atoms with van der Waals surface area (Å²) in [5.41, 5.74) is 0. The number of hydrogen-bond acceptors (Lipinski definition) is 6. The molecule has 0 bridgehead atoms.